The fraction of sp³-hybridized carbons (Fsp3) is 0.300. The topological polar surface area (TPSA) is 56.0 Å². The SMILES string of the molecule is N#Cc1c(Br)cccc1NCC(F)(F)CO. The minimum absolute atomic E-state index is 0.260. The van der Waals surface area contributed by atoms with Crippen molar-refractivity contribution in [2.45, 2.75) is 5.92 Å². The van der Waals surface area contributed by atoms with Crippen molar-refractivity contribution < 1.29 is 13.9 Å². The largest absolute Gasteiger partial charge is 0.390 e. The van der Waals surface area contributed by atoms with Gasteiger partial charge in [-0.25, -0.2) is 8.78 Å². The van der Waals surface area contributed by atoms with E-state index in [0.717, 1.165) is 0 Å². The molecular formula is C10H9BrF2N2O. The molecule has 0 heterocycles. The third-order valence-corrected chi connectivity index (χ3v) is 2.56. The lowest BCUT2D eigenvalue weighted by Gasteiger charge is -2.15. The van der Waals surface area contributed by atoms with Crippen LogP contribution in [0.15, 0.2) is 22.7 Å². The first-order valence-corrected chi connectivity index (χ1v) is 5.20. The molecule has 0 aliphatic rings. The Hall–Kier alpha value is -1.19. The smallest absolute Gasteiger partial charge is 0.287 e. The highest BCUT2D eigenvalue weighted by Gasteiger charge is 2.27. The average Bonchev–Trinajstić information content (AvgIpc) is 2.26. The summed E-state index contributed by atoms with van der Waals surface area (Å²) in [5, 5.41) is 19.7. The molecule has 0 saturated heterocycles. The second-order valence-corrected chi connectivity index (χ2v) is 4.00. The van der Waals surface area contributed by atoms with Crippen LogP contribution in [-0.4, -0.2) is 24.2 Å². The lowest BCUT2D eigenvalue weighted by Crippen LogP contribution is -2.31. The van der Waals surface area contributed by atoms with Crippen LogP contribution in [0.1, 0.15) is 5.56 Å². The van der Waals surface area contributed by atoms with Gasteiger partial charge in [0, 0.05) is 4.47 Å². The minimum Gasteiger partial charge on any atom is -0.390 e. The third kappa shape index (κ3) is 3.15. The molecule has 6 heteroatoms. The number of nitrogens with zero attached hydrogens (tertiary/aromatic N) is 1. The number of nitrogens with one attached hydrogen (secondary N) is 1. The van der Waals surface area contributed by atoms with E-state index in [1.165, 1.54) is 6.07 Å². The van der Waals surface area contributed by atoms with Gasteiger partial charge in [-0.15, -0.1) is 0 Å². The highest BCUT2D eigenvalue weighted by atomic mass is 79.9. The van der Waals surface area contributed by atoms with E-state index in [1.807, 2.05) is 6.07 Å². The number of benzene rings is 1. The van der Waals surface area contributed by atoms with Gasteiger partial charge in [0.1, 0.15) is 12.7 Å². The lowest BCUT2D eigenvalue weighted by atomic mass is 10.2. The number of rotatable bonds is 4. The predicted molar refractivity (Wildman–Crippen MR) is 59.4 cm³/mol. The Labute approximate surface area is 99.8 Å². The molecular weight excluding hydrogens is 282 g/mol. The first kappa shape index (κ1) is 12.9. The van der Waals surface area contributed by atoms with E-state index >= 15 is 0 Å². The van der Waals surface area contributed by atoms with Crippen molar-refractivity contribution in [3.05, 3.63) is 28.2 Å². The molecule has 3 nitrogen and oxygen atoms in total. The molecule has 0 unspecified atom stereocenters. The van der Waals surface area contributed by atoms with Gasteiger partial charge < -0.3 is 10.4 Å². The number of hydrogen-bond acceptors (Lipinski definition) is 3. The lowest BCUT2D eigenvalue weighted by molar-refractivity contribution is -0.0372. The van der Waals surface area contributed by atoms with Crippen molar-refractivity contribution in [1.29, 1.82) is 5.26 Å². The number of hydrogen-bond donors (Lipinski definition) is 2. The summed E-state index contributed by atoms with van der Waals surface area (Å²) >= 11 is 3.15. The molecule has 0 saturated carbocycles. The van der Waals surface area contributed by atoms with Crippen molar-refractivity contribution >= 4 is 21.6 Å². The average molecular weight is 291 g/mol. The molecule has 1 aromatic carbocycles. The zero-order chi connectivity index (χ0) is 12.2. The molecule has 1 rings (SSSR count). The summed E-state index contributed by atoms with van der Waals surface area (Å²) in [5.41, 5.74) is 0.571. The van der Waals surface area contributed by atoms with Crippen LogP contribution >= 0.6 is 15.9 Å². The Morgan fingerprint density at radius 2 is 2.19 bits per heavy atom. The van der Waals surface area contributed by atoms with Crippen molar-refractivity contribution in [3.8, 4) is 6.07 Å². The van der Waals surface area contributed by atoms with E-state index in [1.54, 1.807) is 12.1 Å². The Morgan fingerprint density at radius 3 is 2.75 bits per heavy atom. The van der Waals surface area contributed by atoms with Crippen LogP contribution in [-0.2, 0) is 0 Å². The van der Waals surface area contributed by atoms with E-state index in [4.69, 9.17) is 10.4 Å². The van der Waals surface area contributed by atoms with Gasteiger partial charge in [0.15, 0.2) is 0 Å². The molecule has 0 fully saturated rings. The molecule has 0 aliphatic heterocycles. The fourth-order valence-electron chi connectivity index (χ4n) is 1.07. The number of aliphatic hydroxyl groups is 1. The summed E-state index contributed by atoms with van der Waals surface area (Å²) in [6.07, 6.45) is 0. The van der Waals surface area contributed by atoms with E-state index in [9.17, 15) is 8.78 Å². The Kier molecular flexibility index (Phi) is 4.21. The maximum Gasteiger partial charge on any atom is 0.287 e. The predicted octanol–water partition coefficient (Wildman–Crippen LogP) is 2.36. The standard InChI is InChI=1S/C10H9BrF2N2O/c11-8-2-1-3-9(7(8)4-14)15-5-10(12,13)6-16/h1-3,15-16H,5-6H2. The van der Waals surface area contributed by atoms with Gasteiger partial charge in [-0.2, -0.15) is 5.26 Å². The number of nitriles is 1. The van der Waals surface area contributed by atoms with Crippen molar-refractivity contribution in [2.75, 3.05) is 18.5 Å². The summed E-state index contributed by atoms with van der Waals surface area (Å²) in [7, 11) is 0. The first-order valence-electron chi connectivity index (χ1n) is 4.41. The highest BCUT2D eigenvalue weighted by Crippen LogP contribution is 2.24. The van der Waals surface area contributed by atoms with Gasteiger partial charge in [0.05, 0.1) is 17.8 Å². The van der Waals surface area contributed by atoms with Crippen LogP contribution in [0, 0.1) is 11.3 Å². The van der Waals surface area contributed by atoms with Crippen LogP contribution in [0.2, 0.25) is 0 Å². The van der Waals surface area contributed by atoms with Crippen LogP contribution in [0.5, 0.6) is 0 Å². The molecule has 0 aliphatic carbocycles. The second-order valence-electron chi connectivity index (χ2n) is 3.14. The molecule has 16 heavy (non-hydrogen) atoms. The van der Waals surface area contributed by atoms with Crippen molar-refractivity contribution in [2.24, 2.45) is 0 Å². The van der Waals surface area contributed by atoms with Crippen LogP contribution in [0.4, 0.5) is 14.5 Å². The van der Waals surface area contributed by atoms with E-state index in [0.29, 0.717) is 10.2 Å². The molecule has 0 atom stereocenters. The summed E-state index contributed by atoms with van der Waals surface area (Å²) < 4.78 is 26.1. The van der Waals surface area contributed by atoms with Crippen molar-refractivity contribution in [1.82, 2.24) is 0 Å². The summed E-state index contributed by atoms with van der Waals surface area (Å²) in [6, 6.07) is 6.70. The van der Waals surface area contributed by atoms with Gasteiger partial charge in [-0.3, -0.25) is 0 Å². The highest BCUT2D eigenvalue weighted by molar-refractivity contribution is 9.10. The molecule has 0 bridgehead atoms. The quantitative estimate of drug-likeness (QED) is 0.895. The molecule has 0 spiro atoms. The second kappa shape index (κ2) is 5.23. The number of anilines is 1. The van der Waals surface area contributed by atoms with Crippen LogP contribution in [0.25, 0.3) is 0 Å². The van der Waals surface area contributed by atoms with Gasteiger partial charge in [-0.1, -0.05) is 6.07 Å². The van der Waals surface area contributed by atoms with Crippen molar-refractivity contribution in [3.63, 3.8) is 0 Å². The summed E-state index contributed by atoms with van der Waals surface area (Å²) in [4.78, 5) is 0. The molecule has 1 aromatic rings. The zero-order valence-electron chi connectivity index (χ0n) is 8.17. The summed E-state index contributed by atoms with van der Waals surface area (Å²) in [5.74, 6) is -3.20. The van der Waals surface area contributed by atoms with E-state index in [-0.39, 0.29) is 5.56 Å². The Morgan fingerprint density at radius 1 is 1.50 bits per heavy atom. The first-order chi connectivity index (χ1) is 7.50. The normalized spacial score (nSPS) is 10.9. The number of halogens is 3. The third-order valence-electron chi connectivity index (χ3n) is 1.89. The minimum atomic E-state index is -3.20. The molecule has 86 valence electrons. The monoisotopic (exact) mass is 290 g/mol. The van der Waals surface area contributed by atoms with Gasteiger partial charge in [-0.05, 0) is 28.1 Å². The molecule has 0 aromatic heterocycles. The van der Waals surface area contributed by atoms with Gasteiger partial charge >= 0.3 is 0 Å². The number of alkyl halides is 2. The maximum absolute atomic E-state index is 12.8. The van der Waals surface area contributed by atoms with Crippen LogP contribution in [0.3, 0.4) is 0 Å². The van der Waals surface area contributed by atoms with Crippen LogP contribution < -0.4 is 5.32 Å². The molecule has 2 N–H and O–H groups in total. The molecule has 0 amide bonds. The Balaban J connectivity index is 2.83. The Bertz CT molecular complexity index is 418. The van der Waals surface area contributed by atoms with E-state index in [2.05, 4.69) is 21.2 Å². The van der Waals surface area contributed by atoms with Gasteiger partial charge in [0.25, 0.3) is 5.92 Å². The zero-order valence-corrected chi connectivity index (χ0v) is 9.76. The fourth-order valence-corrected chi connectivity index (χ4v) is 1.52. The van der Waals surface area contributed by atoms with E-state index < -0.39 is 19.1 Å². The molecule has 0 radical (unpaired) electrons. The summed E-state index contributed by atoms with van der Waals surface area (Å²) in [6.45, 7) is -1.94. The number of aliphatic hydroxyl groups excluding tert-OH is 1. The van der Waals surface area contributed by atoms with Gasteiger partial charge in [0.2, 0.25) is 0 Å². The maximum atomic E-state index is 12.8.